The van der Waals surface area contributed by atoms with E-state index in [-0.39, 0.29) is 0 Å². The van der Waals surface area contributed by atoms with Crippen LogP contribution in [0.15, 0.2) is 79.1 Å². The highest BCUT2D eigenvalue weighted by Gasteiger charge is 2.07. The van der Waals surface area contributed by atoms with E-state index in [2.05, 4.69) is 9.97 Å². The van der Waals surface area contributed by atoms with Crippen LogP contribution in [0.5, 0.6) is 17.2 Å². The van der Waals surface area contributed by atoms with Gasteiger partial charge in [0, 0.05) is 17.6 Å². The Bertz CT molecular complexity index is 1020. The Labute approximate surface area is 151 Å². The topological polar surface area (TPSA) is 70.3 Å². The molecule has 0 atom stereocenters. The maximum absolute atomic E-state index is 5.92. The number of hydrogen-bond acceptors (Lipinski definition) is 5. The van der Waals surface area contributed by atoms with Gasteiger partial charge in [-0.05, 0) is 35.9 Å². The molecule has 5 heteroatoms. The van der Waals surface area contributed by atoms with Crippen molar-refractivity contribution < 1.29 is 9.47 Å². The number of ether oxygens (including phenoxy) is 2. The van der Waals surface area contributed by atoms with E-state index in [1.807, 2.05) is 54.6 Å². The number of nitrogens with two attached hydrogens (primary N) is 1. The van der Waals surface area contributed by atoms with Crippen molar-refractivity contribution in [3.05, 3.63) is 84.7 Å². The first kappa shape index (κ1) is 15.9. The molecule has 0 radical (unpaired) electrons. The SMILES string of the molecule is Nc1ccc(Oc2ccnc3cc(OCc4ccccc4)ccc23)cn1. The smallest absolute Gasteiger partial charge is 0.145 e. The number of rotatable bonds is 5. The zero-order valence-electron chi connectivity index (χ0n) is 14.0. The summed E-state index contributed by atoms with van der Waals surface area (Å²) in [7, 11) is 0. The lowest BCUT2D eigenvalue weighted by Gasteiger charge is -2.10. The number of pyridine rings is 2. The molecule has 26 heavy (non-hydrogen) atoms. The van der Waals surface area contributed by atoms with Gasteiger partial charge < -0.3 is 15.2 Å². The van der Waals surface area contributed by atoms with Crippen LogP contribution in [0.3, 0.4) is 0 Å². The minimum Gasteiger partial charge on any atom is -0.489 e. The molecule has 2 aromatic carbocycles. The standard InChI is InChI=1S/C21H17N3O2/c22-21-9-7-17(13-24-21)26-20-10-11-23-19-12-16(6-8-18(19)20)25-14-15-4-2-1-3-5-15/h1-13H,14H2,(H2,22,24). The van der Waals surface area contributed by atoms with Gasteiger partial charge in [-0.3, -0.25) is 4.98 Å². The van der Waals surface area contributed by atoms with Crippen molar-refractivity contribution >= 4 is 16.7 Å². The minimum absolute atomic E-state index is 0.456. The van der Waals surface area contributed by atoms with E-state index >= 15 is 0 Å². The first-order valence-electron chi connectivity index (χ1n) is 8.23. The fraction of sp³-hybridized carbons (Fsp3) is 0.0476. The van der Waals surface area contributed by atoms with Gasteiger partial charge >= 0.3 is 0 Å². The lowest BCUT2D eigenvalue weighted by Crippen LogP contribution is -1.95. The van der Waals surface area contributed by atoms with Crippen LogP contribution < -0.4 is 15.2 Å². The number of nitrogens with zero attached hydrogens (tertiary/aromatic N) is 2. The molecular formula is C21H17N3O2. The molecule has 0 saturated carbocycles. The van der Waals surface area contributed by atoms with Crippen molar-refractivity contribution in [2.24, 2.45) is 0 Å². The predicted molar refractivity (Wildman–Crippen MR) is 101 cm³/mol. The van der Waals surface area contributed by atoms with Crippen LogP contribution in [0.25, 0.3) is 10.9 Å². The fourth-order valence-corrected chi connectivity index (χ4v) is 2.60. The molecular weight excluding hydrogens is 326 g/mol. The lowest BCUT2D eigenvalue weighted by molar-refractivity contribution is 0.306. The van der Waals surface area contributed by atoms with Gasteiger partial charge in [0.1, 0.15) is 29.7 Å². The second kappa shape index (κ2) is 7.11. The van der Waals surface area contributed by atoms with E-state index < -0.39 is 0 Å². The Morgan fingerprint density at radius 3 is 2.50 bits per heavy atom. The molecule has 0 aliphatic heterocycles. The summed E-state index contributed by atoms with van der Waals surface area (Å²) in [5.74, 6) is 2.55. The van der Waals surface area contributed by atoms with E-state index in [4.69, 9.17) is 15.2 Å². The van der Waals surface area contributed by atoms with E-state index in [9.17, 15) is 0 Å². The molecule has 0 saturated heterocycles. The zero-order valence-corrected chi connectivity index (χ0v) is 14.0. The molecule has 0 aliphatic rings. The second-order valence-corrected chi connectivity index (χ2v) is 5.78. The summed E-state index contributed by atoms with van der Waals surface area (Å²) < 4.78 is 11.8. The van der Waals surface area contributed by atoms with Crippen LogP contribution in [0.4, 0.5) is 5.82 Å². The van der Waals surface area contributed by atoms with E-state index in [1.54, 1.807) is 24.5 Å². The maximum atomic E-state index is 5.92. The molecule has 0 aliphatic carbocycles. The van der Waals surface area contributed by atoms with Gasteiger partial charge in [-0.1, -0.05) is 30.3 Å². The van der Waals surface area contributed by atoms with Gasteiger partial charge in [0.15, 0.2) is 0 Å². The van der Waals surface area contributed by atoms with Gasteiger partial charge in [-0.15, -0.1) is 0 Å². The Morgan fingerprint density at radius 2 is 1.69 bits per heavy atom. The largest absolute Gasteiger partial charge is 0.489 e. The number of benzene rings is 2. The first-order chi connectivity index (χ1) is 12.8. The highest BCUT2D eigenvalue weighted by atomic mass is 16.5. The Kier molecular flexibility index (Phi) is 4.35. The van der Waals surface area contributed by atoms with Crippen LogP contribution in [-0.2, 0) is 6.61 Å². The summed E-state index contributed by atoms with van der Waals surface area (Å²) in [5, 5.41) is 0.899. The van der Waals surface area contributed by atoms with Crippen molar-refractivity contribution in [2.75, 3.05) is 5.73 Å². The van der Waals surface area contributed by atoms with Crippen molar-refractivity contribution in [2.45, 2.75) is 6.61 Å². The quantitative estimate of drug-likeness (QED) is 0.574. The van der Waals surface area contributed by atoms with Gasteiger partial charge in [-0.2, -0.15) is 0 Å². The number of anilines is 1. The average Bonchev–Trinajstić information content (AvgIpc) is 2.69. The van der Waals surface area contributed by atoms with Gasteiger partial charge in [0.2, 0.25) is 0 Å². The molecule has 2 heterocycles. The second-order valence-electron chi connectivity index (χ2n) is 5.78. The van der Waals surface area contributed by atoms with Crippen molar-refractivity contribution in [3.8, 4) is 17.2 Å². The molecule has 0 fully saturated rings. The molecule has 0 unspecified atom stereocenters. The summed E-state index contributed by atoms with van der Waals surface area (Å²) in [6, 6.07) is 21.1. The van der Waals surface area contributed by atoms with Crippen LogP contribution in [-0.4, -0.2) is 9.97 Å². The van der Waals surface area contributed by atoms with E-state index in [0.29, 0.717) is 23.9 Å². The third kappa shape index (κ3) is 3.57. The number of fused-ring (bicyclic) bond motifs is 1. The average molecular weight is 343 g/mol. The molecule has 4 rings (SSSR count). The number of aromatic nitrogens is 2. The normalized spacial score (nSPS) is 10.6. The number of nitrogen functional groups attached to an aromatic ring is 1. The summed E-state index contributed by atoms with van der Waals surface area (Å²) in [5.41, 5.74) is 7.53. The third-order valence-corrected chi connectivity index (χ3v) is 3.91. The molecule has 0 spiro atoms. The Morgan fingerprint density at radius 1 is 0.846 bits per heavy atom. The first-order valence-corrected chi connectivity index (χ1v) is 8.23. The highest BCUT2D eigenvalue weighted by molar-refractivity contribution is 5.86. The van der Waals surface area contributed by atoms with Crippen molar-refractivity contribution in [1.29, 1.82) is 0 Å². The van der Waals surface area contributed by atoms with Crippen LogP contribution in [0.2, 0.25) is 0 Å². The van der Waals surface area contributed by atoms with Crippen LogP contribution >= 0.6 is 0 Å². The molecule has 0 bridgehead atoms. The molecule has 5 nitrogen and oxygen atoms in total. The molecule has 2 N–H and O–H groups in total. The van der Waals surface area contributed by atoms with Crippen LogP contribution in [0.1, 0.15) is 5.56 Å². The molecule has 0 amide bonds. The molecule has 128 valence electrons. The van der Waals surface area contributed by atoms with E-state index in [1.165, 1.54) is 0 Å². The summed E-state index contributed by atoms with van der Waals surface area (Å²) in [6.45, 7) is 0.514. The highest BCUT2D eigenvalue weighted by Crippen LogP contribution is 2.30. The predicted octanol–water partition coefficient (Wildman–Crippen LogP) is 4.58. The Balaban J connectivity index is 1.56. The zero-order chi connectivity index (χ0) is 17.8. The maximum Gasteiger partial charge on any atom is 0.145 e. The van der Waals surface area contributed by atoms with Crippen molar-refractivity contribution in [1.82, 2.24) is 9.97 Å². The fourth-order valence-electron chi connectivity index (χ4n) is 2.60. The van der Waals surface area contributed by atoms with Crippen molar-refractivity contribution in [3.63, 3.8) is 0 Å². The Hall–Kier alpha value is -3.60. The van der Waals surface area contributed by atoms with Gasteiger partial charge in [0.25, 0.3) is 0 Å². The summed E-state index contributed by atoms with van der Waals surface area (Å²) in [4.78, 5) is 8.46. The summed E-state index contributed by atoms with van der Waals surface area (Å²) in [6.07, 6.45) is 3.31. The monoisotopic (exact) mass is 343 g/mol. The van der Waals surface area contributed by atoms with E-state index in [0.717, 1.165) is 22.2 Å². The molecule has 4 aromatic rings. The van der Waals surface area contributed by atoms with Gasteiger partial charge in [0.05, 0.1) is 11.7 Å². The number of hydrogen-bond donors (Lipinski definition) is 1. The lowest BCUT2D eigenvalue weighted by atomic mass is 10.2. The molecule has 2 aromatic heterocycles. The third-order valence-electron chi connectivity index (χ3n) is 3.91. The summed E-state index contributed by atoms with van der Waals surface area (Å²) >= 11 is 0. The van der Waals surface area contributed by atoms with Gasteiger partial charge in [-0.25, -0.2) is 4.98 Å². The minimum atomic E-state index is 0.456. The van der Waals surface area contributed by atoms with Crippen LogP contribution in [0, 0.1) is 0 Å².